The van der Waals surface area contributed by atoms with E-state index in [2.05, 4.69) is 26.0 Å². The summed E-state index contributed by atoms with van der Waals surface area (Å²) in [6.07, 6.45) is 3.59. The van der Waals surface area contributed by atoms with Gasteiger partial charge in [-0.3, -0.25) is 9.69 Å². The molecule has 0 aromatic heterocycles. The quantitative estimate of drug-likeness (QED) is 0.420. The number of anilines is 1. The van der Waals surface area contributed by atoms with Gasteiger partial charge in [0.2, 0.25) is 6.79 Å². The highest BCUT2D eigenvalue weighted by atomic mass is 32.2. The number of aliphatic imine (C=N–C) groups is 1. The lowest BCUT2D eigenvalue weighted by Gasteiger charge is -2.19. The number of carbonyl (C=O) groups is 1. The molecule has 2 aliphatic rings. The van der Waals surface area contributed by atoms with Crippen molar-refractivity contribution in [3.63, 3.8) is 0 Å². The Morgan fingerprint density at radius 3 is 2.48 bits per heavy atom. The maximum absolute atomic E-state index is 13.7. The Balaban J connectivity index is 1.60. The van der Waals surface area contributed by atoms with Crippen molar-refractivity contribution in [1.82, 2.24) is 0 Å². The minimum atomic E-state index is -0.0775. The molecule has 0 N–H and O–H groups in total. The Kier molecular flexibility index (Phi) is 5.92. The minimum Gasteiger partial charge on any atom is -0.454 e. The van der Waals surface area contributed by atoms with E-state index >= 15 is 0 Å². The number of hydrogen-bond donors (Lipinski definition) is 0. The third-order valence-corrected chi connectivity index (χ3v) is 6.67. The lowest BCUT2D eigenvalue weighted by atomic mass is 10.1. The van der Waals surface area contributed by atoms with Crippen LogP contribution in [0.4, 0.5) is 11.4 Å². The lowest BCUT2D eigenvalue weighted by Crippen LogP contribution is -2.29. The Morgan fingerprint density at radius 1 is 0.939 bits per heavy atom. The van der Waals surface area contributed by atoms with E-state index in [0.29, 0.717) is 15.8 Å². The molecule has 2 aliphatic heterocycles. The molecular formula is C27H24N2O3S. The van der Waals surface area contributed by atoms with Crippen molar-refractivity contribution in [2.24, 2.45) is 4.99 Å². The third kappa shape index (κ3) is 4.14. The van der Waals surface area contributed by atoms with Gasteiger partial charge in [-0.1, -0.05) is 56.3 Å². The van der Waals surface area contributed by atoms with Crippen LogP contribution >= 0.6 is 11.8 Å². The van der Waals surface area contributed by atoms with Crippen molar-refractivity contribution in [2.45, 2.75) is 26.7 Å². The van der Waals surface area contributed by atoms with Crippen molar-refractivity contribution < 1.29 is 14.3 Å². The van der Waals surface area contributed by atoms with Crippen LogP contribution in [0, 0.1) is 0 Å². The first-order valence-electron chi connectivity index (χ1n) is 11.1. The van der Waals surface area contributed by atoms with E-state index in [4.69, 9.17) is 14.5 Å². The summed E-state index contributed by atoms with van der Waals surface area (Å²) >= 11 is 1.40. The van der Waals surface area contributed by atoms with Gasteiger partial charge in [0.15, 0.2) is 16.7 Å². The number of carbonyl (C=O) groups excluding carboxylic acids is 1. The molecule has 0 aliphatic carbocycles. The third-order valence-electron chi connectivity index (χ3n) is 5.70. The standard InChI is InChI=1S/C27H24N2O3S/c1-3-19-9-5-7-11-21(19)28-27-29(22-12-8-6-10-20(22)4-2)26(30)25(33-27)16-18-13-14-23-24(15-18)32-17-31-23/h5-16H,3-4,17H2,1-2H3/b25-16-,28-27?. The number of amidine groups is 1. The van der Waals surface area contributed by atoms with Gasteiger partial charge in [-0.25, -0.2) is 4.99 Å². The molecule has 5 rings (SSSR count). The van der Waals surface area contributed by atoms with Crippen LogP contribution in [0.3, 0.4) is 0 Å². The normalized spacial score (nSPS) is 17.4. The van der Waals surface area contributed by atoms with Crippen molar-refractivity contribution >= 4 is 40.3 Å². The van der Waals surface area contributed by atoms with Crippen molar-refractivity contribution in [3.05, 3.63) is 88.3 Å². The molecule has 6 heteroatoms. The predicted molar refractivity (Wildman–Crippen MR) is 134 cm³/mol. The molecule has 0 atom stereocenters. The molecule has 3 aromatic carbocycles. The van der Waals surface area contributed by atoms with Crippen LogP contribution in [0.1, 0.15) is 30.5 Å². The molecule has 0 bridgehead atoms. The molecule has 166 valence electrons. The van der Waals surface area contributed by atoms with Gasteiger partial charge in [-0.15, -0.1) is 0 Å². The highest BCUT2D eigenvalue weighted by Gasteiger charge is 2.36. The molecule has 0 saturated carbocycles. The summed E-state index contributed by atoms with van der Waals surface area (Å²) in [6, 6.07) is 21.8. The molecule has 1 fully saturated rings. The number of ether oxygens (including phenoxy) is 2. The van der Waals surface area contributed by atoms with E-state index < -0.39 is 0 Å². The number of amides is 1. The summed E-state index contributed by atoms with van der Waals surface area (Å²) in [5, 5.41) is 0.661. The first-order chi connectivity index (χ1) is 16.2. The Labute approximate surface area is 197 Å². The first kappa shape index (κ1) is 21.3. The average Bonchev–Trinajstić information content (AvgIpc) is 3.43. The number of hydrogen-bond acceptors (Lipinski definition) is 5. The second-order valence-electron chi connectivity index (χ2n) is 7.72. The summed E-state index contributed by atoms with van der Waals surface area (Å²) in [5.74, 6) is 1.34. The number of fused-ring (bicyclic) bond motifs is 1. The average molecular weight is 457 g/mol. The number of rotatable bonds is 5. The molecule has 2 heterocycles. The van der Waals surface area contributed by atoms with Crippen LogP contribution in [-0.2, 0) is 17.6 Å². The fourth-order valence-electron chi connectivity index (χ4n) is 3.97. The van der Waals surface area contributed by atoms with Crippen LogP contribution in [-0.4, -0.2) is 17.9 Å². The van der Waals surface area contributed by atoms with E-state index in [1.807, 2.05) is 60.7 Å². The molecular weight excluding hydrogens is 432 g/mol. The molecule has 0 radical (unpaired) electrons. The van der Waals surface area contributed by atoms with Gasteiger partial charge in [-0.2, -0.15) is 0 Å². The van der Waals surface area contributed by atoms with Crippen LogP contribution in [0.15, 0.2) is 76.6 Å². The molecule has 1 amide bonds. The maximum atomic E-state index is 13.7. The van der Waals surface area contributed by atoms with E-state index in [1.54, 1.807) is 4.90 Å². The van der Waals surface area contributed by atoms with E-state index in [0.717, 1.165) is 46.7 Å². The predicted octanol–water partition coefficient (Wildman–Crippen LogP) is 6.35. The fraction of sp³-hybridized carbons (Fsp3) is 0.185. The first-order valence-corrected chi connectivity index (χ1v) is 11.9. The smallest absolute Gasteiger partial charge is 0.271 e. The SMILES string of the molecule is CCc1ccccc1N=C1S/C(=C\c2ccc3c(c2)OCO3)C(=O)N1c1ccccc1CC. The Bertz CT molecular complexity index is 1280. The van der Waals surface area contributed by atoms with Crippen LogP contribution in [0.5, 0.6) is 11.5 Å². The summed E-state index contributed by atoms with van der Waals surface area (Å²) in [6.45, 7) is 4.43. The van der Waals surface area contributed by atoms with Gasteiger partial charge in [0.1, 0.15) is 0 Å². The zero-order valence-electron chi connectivity index (χ0n) is 18.6. The van der Waals surface area contributed by atoms with E-state index in [9.17, 15) is 4.79 Å². The number of thioether (sulfide) groups is 1. The van der Waals surface area contributed by atoms with Crippen LogP contribution in [0.25, 0.3) is 6.08 Å². The molecule has 33 heavy (non-hydrogen) atoms. The minimum absolute atomic E-state index is 0.0775. The van der Waals surface area contributed by atoms with Gasteiger partial charge in [-0.05, 0) is 71.6 Å². The van der Waals surface area contributed by atoms with Gasteiger partial charge in [0.05, 0.1) is 16.3 Å². The largest absolute Gasteiger partial charge is 0.454 e. The lowest BCUT2D eigenvalue weighted by molar-refractivity contribution is -0.113. The highest BCUT2D eigenvalue weighted by Crippen LogP contribution is 2.40. The summed E-state index contributed by atoms with van der Waals surface area (Å²) in [4.78, 5) is 21.0. The number of benzene rings is 3. The number of para-hydroxylation sites is 2. The molecule has 1 saturated heterocycles. The highest BCUT2D eigenvalue weighted by molar-refractivity contribution is 8.19. The molecule has 5 nitrogen and oxygen atoms in total. The van der Waals surface area contributed by atoms with Crippen LogP contribution < -0.4 is 14.4 Å². The maximum Gasteiger partial charge on any atom is 0.271 e. The van der Waals surface area contributed by atoms with Gasteiger partial charge < -0.3 is 9.47 Å². The van der Waals surface area contributed by atoms with Gasteiger partial charge in [0, 0.05) is 0 Å². The van der Waals surface area contributed by atoms with Crippen LogP contribution in [0.2, 0.25) is 0 Å². The Morgan fingerprint density at radius 2 is 1.67 bits per heavy atom. The van der Waals surface area contributed by atoms with Crippen molar-refractivity contribution in [3.8, 4) is 11.5 Å². The van der Waals surface area contributed by atoms with Gasteiger partial charge in [0.25, 0.3) is 5.91 Å². The molecule has 0 unspecified atom stereocenters. The zero-order valence-corrected chi connectivity index (χ0v) is 19.4. The van der Waals surface area contributed by atoms with E-state index in [-0.39, 0.29) is 12.7 Å². The van der Waals surface area contributed by atoms with Crippen molar-refractivity contribution in [1.29, 1.82) is 0 Å². The number of aryl methyl sites for hydroxylation is 2. The number of nitrogens with zero attached hydrogens (tertiary/aromatic N) is 2. The zero-order chi connectivity index (χ0) is 22.8. The molecule has 3 aromatic rings. The second-order valence-corrected chi connectivity index (χ2v) is 8.73. The summed E-state index contributed by atoms with van der Waals surface area (Å²) < 4.78 is 10.9. The fourth-order valence-corrected chi connectivity index (χ4v) is 4.95. The molecule has 0 spiro atoms. The summed E-state index contributed by atoms with van der Waals surface area (Å²) in [5.41, 5.74) is 4.90. The Hall–Kier alpha value is -3.51. The van der Waals surface area contributed by atoms with Crippen molar-refractivity contribution in [2.75, 3.05) is 11.7 Å². The van der Waals surface area contributed by atoms with Gasteiger partial charge >= 0.3 is 0 Å². The second kappa shape index (κ2) is 9.16. The van der Waals surface area contributed by atoms with E-state index in [1.165, 1.54) is 11.8 Å². The summed E-state index contributed by atoms with van der Waals surface area (Å²) in [7, 11) is 0. The monoisotopic (exact) mass is 456 g/mol. The topological polar surface area (TPSA) is 51.1 Å².